The molecule has 2 aromatic rings. The Labute approximate surface area is 174 Å². The van der Waals surface area contributed by atoms with Gasteiger partial charge in [-0.1, -0.05) is 12.1 Å². The molecule has 2 rings (SSSR count). The molecule has 30 heavy (non-hydrogen) atoms. The second-order valence-corrected chi connectivity index (χ2v) is 6.01. The van der Waals surface area contributed by atoms with Gasteiger partial charge in [-0.05, 0) is 42.0 Å². The molecule has 158 valence electrons. The number of nitrogens with one attached hydrogen (secondary N) is 2. The van der Waals surface area contributed by atoms with Crippen molar-refractivity contribution in [2.45, 2.75) is 12.8 Å². The van der Waals surface area contributed by atoms with Crippen molar-refractivity contribution < 1.29 is 28.6 Å². The van der Waals surface area contributed by atoms with Gasteiger partial charge in [0.1, 0.15) is 11.5 Å². The maximum Gasteiger partial charge on any atom is 0.343 e. The molecule has 9 nitrogen and oxygen atoms in total. The van der Waals surface area contributed by atoms with E-state index in [1.165, 1.54) is 13.3 Å². The van der Waals surface area contributed by atoms with Crippen LogP contribution in [0.5, 0.6) is 11.5 Å². The molecule has 0 bridgehead atoms. The van der Waals surface area contributed by atoms with Crippen LogP contribution in [0.2, 0.25) is 0 Å². The van der Waals surface area contributed by atoms with Crippen molar-refractivity contribution in [3.05, 3.63) is 54.1 Å². The molecule has 0 spiro atoms. The summed E-state index contributed by atoms with van der Waals surface area (Å²) in [5, 5.41) is 6.56. The maximum atomic E-state index is 11.9. The Bertz CT molecular complexity index is 896. The molecule has 0 saturated heterocycles. The zero-order chi connectivity index (χ0) is 21.8. The van der Waals surface area contributed by atoms with Gasteiger partial charge in [-0.2, -0.15) is 5.10 Å². The van der Waals surface area contributed by atoms with Crippen LogP contribution in [0, 0.1) is 0 Å². The van der Waals surface area contributed by atoms with Crippen LogP contribution in [-0.4, -0.2) is 44.8 Å². The predicted octanol–water partition coefficient (Wildman–Crippen LogP) is 2.12. The van der Waals surface area contributed by atoms with Crippen LogP contribution in [0.3, 0.4) is 0 Å². The van der Waals surface area contributed by atoms with Gasteiger partial charge in [-0.15, -0.1) is 0 Å². The number of esters is 1. The number of hydrogen-bond acceptors (Lipinski definition) is 7. The number of amides is 2. The van der Waals surface area contributed by atoms with Crippen molar-refractivity contribution in [3.63, 3.8) is 0 Å². The topological polar surface area (TPSA) is 115 Å². The third kappa shape index (κ3) is 8.01. The van der Waals surface area contributed by atoms with E-state index < -0.39 is 11.9 Å². The lowest BCUT2D eigenvalue weighted by atomic mass is 10.2. The molecule has 0 atom stereocenters. The van der Waals surface area contributed by atoms with Crippen molar-refractivity contribution in [2.75, 3.05) is 26.1 Å². The smallest absolute Gasteiger partial charge is 0.343 e. The minimum Gasteiger partial charge on any atom is -0.497 e. The molecular formula is C21H23N3O6. The third-order valence-electron chi connectivity index (χ3n) is 3.80. The number of benzene rings is 2. The van der Waals surface area contributed by atoms with Gasteiger partial charge in [-0.3, -0.25) is 9.59 Å². The van der Waals surface area contributed by atoms with E-state index in [2.05, 4.69) is 20.6 Å². The number of methoxy groups -OCH3 is 2. The van der Waals surface area contributed by atoms with E-state index in [9.17, 15) is 14.4 Å². The van der Waals surface area contributed by atoms with Gasteiger partial charge in [-0.25, -0.2) is 10.2 Å². The lowest BCUT2D eigenvalue weighted by Gasteiger charge is -2.06. The van der Waals surface area contributed by atoms with Crippen LogP contribution in [0.1, 0.15) is 18.4 Å². The highest BCUT2D eigenvalue weighted by Crippen LogP contribution is 2.15. The summed E-state index contributed by atoms with van der Waals surface area (Å²) in [5.41, 5.74) is 3.64. The van der Waals surface area contributed by atoms with Gasteiger partial charge in [0, 0.05) is 18.5 Å². The van der Waals surface area contributed by atoms with E-state index in [1.54, 1.807) is 55.6 Å². The minimum atomic E-state index is -0.489. The van der Waals surface area contributed by atoms with Crippen LogP contribution in [0.25, 0.3) is 0 Å². The Balaban J connectivity index is 1.73. The Hall–Kier alpha value is -3.88. The van der Waals surface area contributed by atoms with Crippen LogP contribution in [0.15, 0.2) is 53.6 Å². The summed E-state index contributed by atoms with van der Waals surface area (Å²) in [6.07, 6.45) is 1.44. The summed E-state index contributed by atoms with van der Waals surface area (Å²) in [5.74, 6) is -0.0157. The quantitative estimate of drug-likeness (QED) is 0.350. The molecule has 2 N–H and O–H groups in total. The van der Waals surface area contributed by atoms with Crippen molar-refractivity contribution in [3.8, 4) is 11.5 Å². The fourth-order valence-electron chi connectivity index (χ4n) is 2.25. The molecule has 0 radical (unpaired) electrons. The van der Waals surface area contributed by atoms with E-state index in [0.29, 0.717) is 22.7 Å². The van der Waals surface area contributed by atoms with Gasteiger partial charge in [0.05, 0.1) is 20.4 Å². The number of hydrogen-bond donors (Lipinski definition) is 2. The normalized spacial score (nSPS) is 10.3. The molecule has 9 heteroatoms. The maximum absolute atomic E-state index is 11.9. The van der Waals surface area contributed by atoms with Gasteiger partial charge in [0.15, 0.2) is 6.61 Å². The van der Waals surface area contributed by atoms with E-state index in [-0.39, 0.29) is 25.4 Å². The monoisotopic (exact) mass is 413 g/mol. The summed E-state index contributed by atoms with van der Waals surface area (Å²) < 4.78 is 14.8. The molecule has 0 aromatic heterocycles. The van der Waals surface area contributed by atoms with Crippen molar-refractivity contribution in [2.24, 2.45) is 5.10 Å². The second-order valence-electron chi connectivity index (χ2n) is 6.01. The average molecular weight is 413 g/mol. The number of carbonyl (C=O) groups excluding carboxylic acids is 3. The van der Waals surface area contributed by atoms with Crippen LogP contribution < -0.4 is 20.2 Å². The number of anilines is 1. The molecule has 0 aliphatic carbocycles. The number of carbonyl (C=O) groups is 3. The summed E-state index contributed by atoms with van der Waals surface area (Å²) in [7, 11) is 2.84. The van der Waals surface area contributed by atoms with E-state index in [4.69, 9.17) is 9.47 Å². The summed E-state index contributed by atoms with van der Waals surface area (Å²) in [6, 6.07) is 13.7. The first kappa shape index (κ1) is 22.4. The van der Waals surface area contributed by atoms with Gasteiger partial charge >= 0.3 is 5.97 Å². The average Bonchev–Trinajstić information content (AvgIpc) is 2.77. The first-order valence-electron chi connectivity index (χ1n) is 9.05. The molecular weight excluding hydrogens is 390 g/mol. The van der Waals surface area contributed by atoms with Crippen LogP contribution >= 0.6 is 0 Å². The zero-order valence-corrected chi connectivity index (χ0v) is 16.7. The van der Waals surface area contributed by atoms with Gasteiger partial charge < -0.3 is 19.5 Å². The Morgan fingerprint density at radius 2 is 1.70 bits per heavy atom. The lowest BCUT2D eigenvalue weighted by molar-refractivity contribution is -0.142. The van der Waals surface area contributed by atoms with Crippen molar-refractivity contribution in [1.82, 2.24) is 5.43 Å². The first-order valence-corrected chi connectivity index (χ1v) is 9.05. The van der Waals surface area contributed by atoms with Crippen molar-refractivity contribution in [1.29, 1.82) is 0 Å². The second kappa shape index (κ2) is 11.8. The molecule has 0 aliphatic rings. The molecule has 0 aliphatic heterocycles. The largest absolute Gasteiger partial charge is 0.497 e. The standard InChI is InChI=1S/C21H23N3O6/c1-28-17-8-6-16(7-9-17)23-19(25)10-11-20(26)24-22-13-15-4-3-5-18(12-15)30-14-21(27)29-2/h3-9,12-13H,10-11,14H2,1-2H3,(H,23,25)(H,24,26). The first-order chi connectivity index (χ1) is 14.5. The SMILES string of the molecule is COC(=O)COc1cccc(C=NNC(=O)CCC(=O)Nc2ccc(OC)cc2)c1. The summed E-state index contributed by atoms with van der Waals surface area (Å²) >= 11 is 0. The number of nitrogens with zero attached hydrogens (tertiary/aromatic N) is 1. The van der Waals surface area contributed by atoms with Crippen LogP contribution in [0.4, 0.5) is 5.69 Å². The highest BCUT2D eigenvalue weighted by molar-refractivity contribution is 5.93. The fourth-order valence-corrected chi connectivity index (χ4v) is 2.25. The molecule has 2 aromatic carbocycles. The summed E-state index contributed by atoms with van der Waals surface area (Å²) in [6.45, 7) is -0.202. The molecule has 0 unspecified atom stereocenters. The van der Waals surface area contributed by atoms with E-state index in [0.717, 1.165) is 0 Å². The van der Waals surface area contributed by atoms with Crippen LogP contribution in [-0.2, 0) is 19.1 Å². The fraction of sp³-hybridized carbons (Fsp3) is 0.238. The Morgan fingerprint density at radius 3 is 2.40 bits per heavy atom. The highest BCUT2D eigenvalue weighted by atomic mass is 16.6. The molecule has 0 saturated carbocycles. The Morgan fingerprint density at radius 1 is 0.967 bits per heavy atom. The van der Waals surface area contributed by atoms with Crippen molar-refractivity contribution >= 4 is 29.7 Å². The highest BCUT2D eigenvalue weighted by Gasteiger charge is 2.07. The van der Waals surface area contributed by atoms with Gasteiger partial charge in [0.25, 0.3) is 0 Å². The van der Waals surface area contributed by atoms with E-state index >= 15 is 0 Å². The molecule has 0 heterocycles. The summed E-state index contributed by atoms with van der Waals surface area (Å²) in [4.78, 5) is 34.9. The lowest BCUT2D eigenvalue weighted by Crippen LogP contribution is -2.20. The predicted molar refractivity (Wildman–Crippen MR) is 111 cm³/mol. The zero-order valence-electron chi connectivity index (χ0n) is 16.7. The molecule has 2 amide bonds. The molecule has 0 fully saturated rings. The number of rotatable bonds is 10. The number of ether oxygens (including phenoxy) is 3. The minimum absolute atomic E-state index is 0.0123. The Kier molecular flexibility index (Phi) is 8.85. The van der Waals surface area contributed by atoms with E-state index in [1.807, 2.05) is 0 Å². The third-order valence-corrected chi connectivity index (χ3v) is 3.80. The number of hydrazone groups is 1. The van der Waals surface area contributed by atoms with Gasteiger partial charge in [0.2, 0.25) is 11.8 Å².